The number of amidine groups is 1. The van der Waals surface area contributed by atoms with E-state index in [1.54, 1.807) is 11.8 Å². The minimum absolute atomic E-state index is 0.0391. The minimum Gasteiger partial charge on any atom is -0.466 e. The number of hydrogen-bond acceptors (Lipinski definition) is 6. The molecule has 25 heavy (non-hydrogen) atoms. The maximum atomic E-state index is 11.5. The molecule has 1 heterocycles. The van der Waals surface area contributed by atoms with Crippen molar-refractivity contribution in [2.45, 2.75) is 26.3 Å². The van der Waals surface area contributed by atoms with E-state index in [1.807, 2.05) is 26.0 Å². The van der Waals surface area contributed by atoms with Gasteiger partial charge in [-0.3, -0.25) is 15.2 Å². The van der Waals surface area contributed by atoms with Crippen LogP contribution < -0.4 is 5.43 Å². The van der Waals surface area contributed by atoms with Gasteiger partial charge in [0.1, 0.15) is 0 Å². The number of ether oxygens (including phenoxy) is 1. The van der Waals surface area contributed by atoms with E-state index in [2.05, 4.69) is 45.9 Å². The van der Waals surface area contributed by atoms with E-state index in [1.165, 1.54) is 10.8 Å². The predicted octanol–water partition coefficient (Wildman–Crippen LogP) is 3.58. The van der Waals surface area contributed by atoms with E-state index in [0.29, 0.717) is 13.0 Å². The van der Waals surface area contributed by atoms with Crippen molar-refractivity contribution < 1.29 is 9.53 Å². The molecule has 0 amide bonds. The molecule has 0 aromatic heterocycles. The molecule has 1 unspecified atom stereocenters. The number of aliphatic imine (C=N–C) groups is 1. The first-order valence-corrected chi connectivity index (χ1v) is 9.30. The molecule has 1 N–H and O–H groups in total. The molecule has 5 nitrogen and oxygen atoms in total. The highest BCUT2D eigenvalue weighted by molar-refractivity contribution is 8.14. The molecule has 2 aromatic carbocycles. The summed E-state index contributed by atoms with van der Waals surface area (Å²) in [5.41, 5.74) is 4.97. The highest BCUT2D eigenvalue weighted by Crippen LogP contribution is 2.20. The summed E-state index contributed by atoms with van der Waals surface area (Å²) in [4.78, 5) is 16.0. The molecule has 2 aromatic rings. The van der Waals surface area contributed by atoms with E-state index in [-0.39, 0.29) is 12.0 Å². The standard InChI is InChI=1S/C19H21N3O2S/c1-3-24-18(23)11-17-12-25-19(20-17)22-21-13(2)15-9-8-14-6-4-5-7-16(14)10-15/h4-10,17H,3,11-12H2,1-2H3,(H,20,22)/b21-13+. The molecule has 0 bridgehead atoms. The molecule has 1 atom stereocenters. The summed E-state index contributed by atoms with van der Waals surface area (Å²) in [7, 11) is 0. The SMILES string of the molecule is CCOC(=O)CC1CSC(N/N=C(\C)c2ccc3ccccc3c2)=N1. The van der Waals surface area contributed by atoms with Crippen molar-refractivity contribution in [3.8, 4) is 0 Å². The van der Waals surface area contributed by atoms with Gasteiger partial charge in [-0.05, 0) is 36.2 Å². The number of fused-ring (bicyclic) bond motifs is 1. The molecular formula is C19H21N3O2S. The summed E-state index contributed by atoms with van der Waals surface area (Å²) in [6, 6.07) is 14.5. The second-order valence-electron chi connectivity index (χ2n) is 5.78. The van der Waals surface area contributed by atoms with Gasteiger partial charge in [0.25, 0.3) is 0 Å². The highest BCUT2D eigenvalue weighted by Gasteiger charge is 2.21. The van der Waals surface area contributed by atoms with E-state index in [0.717, 1.165) is 22.2 Å². The van der Waals surface area contributed by atoms with Gasteiger partial charge in [0.05, 0.1) is 24.8 Å². The Balaban J connectivity index is 1.63. The maximum Gasteiger partial charge on any atom is 0.307 e. The summed E-state index contributed by atoms with van der Waals surface area (Å²) in [6.45, 7) is 4.18. The molecule has 0 fully saturated rings. The highest BCUT2D eigenvalue weighted by atomic mass is 32.2. The van der Waals surface area contributed by atoms with Gasteiger partial charge in [0.2, 0.25) is 0 Å². The zero-order valence-corrected chi connectivity index (χ0v) is 15.2. The van der Waals surface area contributed by atoms with Crippen LogP contribution in [0.25, 0.3) is 10.8 Å². The third kappa shape index (κ3) is 4.60. The quantitative estimate of drug-likeness (QED) is 0.506. The topological polar surface area (TPSA) is 63.0 Å². The minimum atomic E-state index is -0.200. The summed E-state index contributed by atoms with van der Waals surface area (Å²) in [5.74, 6) is 0.569. The largest absolute Gasteiger partial charge is 0.466 e. The summed E-state index contributed by atoms with van der Waals surface area (Å²) >= 11 is 1.57. The first-order valence-electron chi connectivity index (χ1n) is 8.31. The van der Waals surface area contributed by atoms with Crippen molar-refractivity contribution in [3.05, 3.63) is 48.0 Å². The molecule has 0 radical (unpaired) electrons. The molecule has 0 spiro atoms. The van der Waals surface area contributed by atoms with Crippen molar-refractivity contribution in [2.24, 2.45) is 10.1 Å². The van der Waals surface area contributed by atoms with Crippen LogP contribution in [0.3, 0.4) is 0 Å². The number of nitrogens with one attached hydrogen (secondary N) is 1. The second-order valence-corrected chi connectivity index (χ2v) is 6.79. The number of carbonyl (C=O) groups is 1. The first kappa shape index (κ1) is 17.5. The van der Waals surface area contributed by atoms with Crippen LogP contribution in [0.1, 0.15) is 25.8 Å². The Kier molecular flexibility index (Phi) is 5.71. The third-order valence-corrected chi connectivity index (χ3v) is 4.93. The van der Waals surface area contributed by atoms with Crippen LogP contribution in [0, 0.1) is 0 Å². The summed E-state index contributed by atoms with van der Waals surface area (Å²) < 4.78 is 4.96. The van der Waals surface area contributed by atoms with Crippen molar-refractivity contribution in [3.63, 3.8) is 0 Å². The van der Waals surface area contributed by atoms with Crippen molar-refractivity contribution in [2.75, 3.05) is 12.4 Å². The Bertz CT molecular complexity index is 832. The zero-order chi connectivity index (χ0) is 17.6. The van der Waals surface area contributed by atoms with Gasteiger partial charge in [-0.25, -0.2) is 0 Å². The second kappa shape index (κ2) is 8.16. The molecule has 0 aliphatic carbocycles. The molecule has 0 saturated carbocycles. The Morgan fingerprint density at radius 3 is 2.92 bits per heavy atom. The smallest absolute Gasteiger partial charge is 0.307 e. The van der Waals surface area contributed by atoms with Crippen LogP contribution in [0.15, 0.2) is 52.6 Å². The third-order valence-electron chi connectivity index (χ3n) is 3.91. The van der Waals surface area contributed by atoms with Crippen LogP contribution in [0.4, 0.5) is 0 Å². The normalized spacial score (nSPS) is 17.4. The Hall–Kier alpha value is -2.34. The van der Waals surface area contributed by atoms with Crippen LogP contribution >= 0.6 is 11.8 Å². The fourth-order valence-electron chi connectivity index (χ4n) is 2.60. The fraction of sp³-hybridized carbons (Fsp3) is 0.316. The van der Waals surface area contributed by atoms with Gasteiger partial charge < -0.3 is 4.74 Å². The molecular weight excluding hydrogens is 334 g/mol. The summed E-state index contributed by atoms with van der Waals surface area (Å²) in [6.07, 6.45) is 0.319. The van der Waals surface area contributed by atoms with E-state index < -0.39 is 0 Å². The number of esters is 1. The van der Waals surface area contributed by atoms with Gasteiger partial charge >= 0.3 is 5.97 Å². The lowest BCUT2D eigenvalue weighted by Crippen LogP contribution is -2.16. The van der Waals surface area contributed by atoms with Crippen LogP contribution in [0.2, 0.25) is 0 Å². The Labute approximate surface area is 151 Å². The fourth-order valence-corrected chi connectivity index (χ4v) is 3.48. The molecule has 1 aliphatic heterocycles. The number of rotatable bonds is 5. The van der Waals surface area contributed by atoms with Crippen molar-refractivity contribution in [1.29, 1.82) is 0 Å². The molecule has 130 valence electrons. The van der Waals surface area contributed by atoms with Crippen molar-refractivity contribution in [1.82, 2.24) is 5.43 Å². The van der Waals surface area contributed by atoms with Gasteiger partial charge in [0.15, 0.2) is 5.17 Å². The number of carbonyl (C=O) groups excluding carboxylic acids is 1. The predicted molar refractivity (Wildman–Crippen MR) is 104 cm³/mol. The molecule has 6 heteroatoms. The van der Waals surface area contributed by atoms with Crippen LogP contribution in [-0.2, 0) is 9.53 Å². The van der Waals surface area contributed by atoms with Crippen LogP contribution in [0.5, 0.6) is 0 Å². The number of benzene rings is 2. The van der Waals surface area contributed by atoms with E-state index >= 15 is 0 Å². The lowest BCUT2D eigenvalue weighted by molar-refractivity contribution is -0.143. The number of hydrazone groups is 1. The van der Waals surface area contributed by atoms with Gasteiger partial charge in [0, 0.05) is 5.75 Å². The molecule has 3 rings (SSSR count). The van der Waals surface area contributed by atoms with Crippen LogP contribution in [-0.4, -0.2) is 35.3 Å². The lowest BCUT2D eigenvalue weighted by Gasteiger charge is -2.05. The van der Waals surface area contributed by atoms with Gasteiger partial charge in [-0.2, -0.15) is 5.10 Å². The Morgan fingerprint density at radius 2 is 2.12 bits per heavy atom. The molecule has 1 aliphatic rings. The Morgan fingerprint density at radius 1 is 1.32 bits per heavy atom. The summed E-state index contributed by atoms with van der Waals surface area (Å²) in [5, 5.41) is 7.58. The maximum absolute atomic E-state index is 11.5. The number of hydrogen-bond donors (Lipinski definition) is 1. The number of thioether (sulfide) groups is 1. The van der Waals surface area contributed by atoms with Gasteiger partial charge in [-0.1, -0.05) is 48.2 Å². The average Bonchev–Trinajstić information content (AvgIpc) is 3.06. The molecule has 0 saturated heterocycles. The lowest BCUT2D eigenvalue weighted by atomic mass is 10.0. The van der Waals surface area contributed by atoms with Gasteiger partial charge in [-0.15, -0.1) is 0 Å². The number of nitrogens with zero attached hydrogens (tertiary/aromatic N) is 2. The van der Waals surface area contributed by atoms with E-state index in [9.17, 15) is 4.79 Å². The van der Waals surface area contributed by atoms with E-state index in [4.69, 9.17) is 4.74 Å². The monoisotopic (exact) mass is 355 g/mol. The average molecular weight is 355 g/mol. The van der Waals surface area contributed by atoms with Crippen molar-refractivity contribution >= 4 is 39.4 Å². The first-order chi connectivity index (χ1) is 12.2. The zero-order valence-electron chi connectivity index (χ0n) is 14.4.